The Hall–Kier alpha value is -2.05. The number of anilines is 2. The van der Waals surface area contributed by atoms with Gasteiger partial charge in [0.25, 0.3) is 10.0 Å². The Morgan fingerprint density at radius 3 is 2.44 bits per heavy atom. The summed E-state index contributed by atoms with van der Waals surface area (Å²) < 4.78 is 27.6. The van der Waals surface area contributed by atoms with E-state index < -0.39 is 10.0 Å². The summed E-state index contributed by atoms with van der Waals surface area (Å²) in [5.41, 5.74) is 2.93. The van der Waals surface area contributed by atoms with Crippen LogP contribution in [0.4, 0.5) is 11.4 Å². The first kappa shape index (κ1) is 17.8. The van der Waals surface area contributed by atoms with Crippen molar-refractivity contribution in [2.75, 3.05) is 16.2 Å². The quantitative estimate of drug-likeness (QED) is 0.877. The number of nitrogens with one attached hydrogen (secondary N) is 1. The molecule has 3 rings (SSSR count). The molecule has 1 aliphatic rings. The monoisotopic (exact) mass is 378 g/mol. The Morgan fingerprint density at radius 1 is 1.08 bits per heavy atom. The third-order valence-electron chi connectivity index (χ3n) is 4.27. The molecular formula is C18H19ClN2O3S. The van der Waals surface area contributed by atoms with Crippen molar-refractivity contribution in [3.8, 4) is 0 Å². The van der Waals surface area contributed by atoms with E-state index in [9.17, 15) is 13.2 Å². The number of hydrogen-bond donors (Lipinski definition) is 1. The number of carbonyl (C=O) groups excluding carboxylic acids is 1. The predicted octanol–water partition coefficient (Wildman–Crippen LogP) is 3.88. The standard InChI is InChI=1S/C18H19ClN2O3S/c1-12-5-7-15(11-16(12)19)25(23,24)20-14-6-8-17(13(2)10-14)21-9-3-4-18(21)22/h5-8,10-11,20H,3-4,9H2,1-2H3. The molecule has 0 unspecified atom stereocenters. The Morgan fingerprint density at radius 2 is 1.84 bits per heavy atom. The lowest BCUT2D eigenvalue weighted by Crippen LogP contribution is -2.24. The zero-order valence-electron chi connectivity index (χ0n) is 14.0. The van der Waals surface area contributed by atoms with Gasteiger partial charge >= 0.3 is 0 Å². The van der Waals surface area contributed by atoms with E-state index in [1.54, 1.807) is 29.2 Å². The van der Waals surface area contributed by atoms with Crippen LogP contribution in [-0.2, 0) is 14.8 Å². The number of carbonyl (C=O) groups is 1. The highest BCUT2D eigenvalue weighted by atomic mass is 35.5. The van der Waals surface area contributed by atoms with Crippen LogP contribution in [0.5, 0.6) is 0 Å². The summed E-state index contributed by atoms with van der Waals surface area (Å²) in [5.74, 6) is 0.103. The molecule has 0 spiro atoms. The molecule has 7 heteroatoms. The van der Waals surface area contributed by atoms with Crippen LogP contribution >= 0.6 is 11.6 Å². The van der Waals surface area contributed by atoms with Crippen LogP contribution in [0.3, 0.4) is 0 Å². The van der Waals surface area contributed by atoms with Crippen LogP contribution in [0.15, 0.2) is 41.3 Å². The van der Waals surface area contributed by atoms with Crippen LogP contribution in [-0.4, -0.2) is 20.9 Å². The number of rotatable bonds is 4. The molecule has 132 valence electrons. The summed E-state index contributed by atoms with van der Waals surface area (Å²) in [6.45, 7) is 4.38. The van der Waals surface area contributed by atoms with Crippen molar-refractivity contribution >= 4 is 38.9 Å². The van der Waals surface area contributed by atoms with Crippen molar-refractivity contribution in [3.05, 3.63) is 52.5 Å². The fourth-order valence-electron chi connectivity index (χ4n) is 2.88. The average molecular weight is 379 g/mol. The van der Waals surface area contributed by atoms with Crippen LogP contribution in [0.2, 0.25) is 5.02 Å². The van der Waals surface area contributed by atoms with Gasteiger partial charge in [0.15, 0.2) is 0 Å². The van der Waals surface area contributed by atoms with E-state index in [1.165, 1.54) is 12.1 Å². The van der Waals surface area contributed by atoms with Gasteiger partial charge in [0.2, 0.25) is 5.91 Å². The number of nitrogens with zero attached hydrogens (tertiary/aromatic N) is 1. The highest BCUT2D eigenvalue weighted by molar-refractivity contribution is 7.92. The van der Waals surface area contributed by atoms with Crippen molar-refractivity contribution in [2.45, 2.75) is 31.6 Å². The number of benzene rings is 2. The number of amides is 1. The smallest absolute Gasteiger partial charge is 0.261 e. The first-order valence-corrected chi connectivity index (χ1v) is 9.84. The van der Waals surface area contributed by atoms with E-state index in [0.29, 0.717) is 23.7 Å². The highest BCUT2D eigenvalue weighted by Gasteiger charge is 2.23. The van der Waals surface area contributed by atoms with Gasteiger partial charge in [-0.15, -0.1) is 0 Å². The average Bonchev–Trinajstić information content (AvgIpc) is 2.95. The number of aryl methyl sites for hydroxylation is 2. The van der Waals surface area contributed by atoms with E-state index in [1.807, 2.05) is 13.8 Å². The van der Waals surface area contributed by atoms with E-state index >= 15 is 0 Å². The minimum atomic E-state index is -3.73. The van der Waals surface area contributed by atoms with Gasteiger partial charge in [-0.3, -0.25) is 9.52 Å². The van der Waals surface area contributed by atoms with Gasteiger partial charge in [0.05, 0.1) is 4.90 Å². The maximum Gasteiger partial charge on any atom is 0.261 e. The Balaban J connectivity index is 1.86. The fraction of sp³-hybridized carbons (Fsp3) is 0.278. The first-order chi connectivity index (χ1) is 11.8. The highest BCUT2D eigenvalue weighted by Crippen LogP contribution is 2.29. The minimum absolute atomic E-state index is 0.103. The molecule has 0 aliphatic carbocycles. The van der Waals surface area contributed by atoms with Crippen molar-refractivity contribution < 1.29 is 13.2 Å². The summed E-state index contributed by atoms with van der Waals surface area (Å²) >= 11 is 6.03. The lowest BCUT2D eigenvalue weighted by atomic mass is 10.1. The van der Waals surface area contributed by atoms with Crippen LogP contribution in [0, 0.1) is 13.8 Å². The van der Waals surface area contributed by atoms with Gasteiger partial charge in [0.1, 0.15) is 0 Å². The molecule has 1 aliphatic heterocycles. The zero-order valence-corrected chi connectivity index (χ0v) is 15.6. The molecule has 25 heavy (non-hydrogen) atoms. The van der Waals surface area contributed by atoms with Crippen molar-refractivity contribution in [3.63, 3.8) is 0 Å². The van der Waals surface area contributed by atoms with Gasteiger partial charge in [-0.2, -0.15) is 0 Å². The lowest BCUT2D eigenvalue weighted by molar-refractivity contribution is -0.117. The lowest BCUT2D eigenvalue weighted by Gasteiger charge is -2.19. The van der Waals surface area contributed by atoms with Gasteiger partial charge < -0.3 is 4.90 Å². The molecule has 0 radical (unpaired) electrons. The van der Waals surface area contributed by atoms with E-state index in [0.717, 1.165) is 23.2 Å². The fourth-order valence-corrected chi connectivity index (χ4v) is 4.20. The number of sulfonamides is 1. The minimum Gasteiger partial charge on any atom is -0.312 e. The van der Waals surface area contributed by atoms with E-state index in [2.05, 4.69) is 4.72 Å². The molecule has 1 heterocycles. The topological polar surface area (TPSA) is 66.5 Å². The Bertz CT molecular complexity index is 941. The SMILES string of the molecule is Cc1ccc(S(=O)(=O)Nc2ccc(N3CCCC3=O)c(C)c2)cc1Cl. The largest absolute Gasteiger partial charge is 0.312 e. The summed E-state index contributed by atoms with van der Waals surface area (Å²) in [6, 6.07) is 9.80. The zero-order chi connectivity index (χ0) is 18.2. The van der Waals surface area contributed by atoms with E-state index in [4.69, 9.17) is 11.6 Å². The molecule has 5 nitrogen and oxygen atoms in total. The third kappa shape index (κ3) is 3.65. The second kappa shape index (κ2) is 6.69. The second-order valence-electron chi connectivity index (χ2n) is 6.17. The third-order valence-corrected chi connectivity index (χ3v) is 6.05. The molecular weight excluding hydrogens is 360 g/mol. The maximum absolute atomic E-state index is 12.5. The molecule has 0 saturated carbocycles. The molecule has 1 fully saturated rings. The Kier molecular flexibility index (Phi) is 4.75. The van der Waals surface area contributed by atoms with Gasteiger partial charge in [-0.05, 0) is 61.7 Å². The molecule has 2 aromatic carbocycles. The summed E-state index contributed by atoms with van der Waals surface area (Å²) in [4.78, 5) is 13.7. The molecule has 1 N–H and O–H groups in total. The number of halogens is 1. The molecule has 2 aromatic rings. The first-order valence-electron chi connectivity index (χ1n) is 7.98. The maximum atomic E-state index is 12.5. The normalized spacial score (nSPS) is 14.8. The van der Waals surface area contributed by atoms with E-state index in [-0.39, 0.29) is 10.8 Å². The van der Waals surface area contributed by atoms with Gasteiger partial charge in [-0.25, -0.2) is 8.42 Å². The van der Waals surface area contributed by atoms with Crippen LogP contribution < -0.4 is 9.62 Å². The van der Waals surface area contributed by atoms with Gasteiger partial charge in [-0.1, -0.05) is 17.7 Å². The molecule has 1 amide bonds. The van der Waals surface area contributed by atoms with Crippen molar-refractivity contribution in [2.24, 2.45) is 0 Å². The molecule has 1 saturated heterocycles. The summed E-state index contributed by atoms with van der Waals surface area (Å²) in [6.07, 6.45) is 1.41. The Labute approximate surface area is 152 Å². The van der Waals surface area contributed by atoms with Crippen molar-refractivity contribution in [1.29, 1.82) is 0 Å². The van der Waals surface area contributed by atoms with Crippen molar-refractivity contribution in [1.82, 2.24) is 0 Å². The summed E-state index contributed by atoms with van der Waals surface area (Å²) in [7, 11) is -3.73. The number of hydrogen-bond acceptors (Lipinski definition) is 3. The molecule has 0 atom stereocenters. The van der Waals surface area contributed by atoms with Crippen LogP contribution in [0.1, 0.15) is 24.0 Å². The molecule has 0 aromatic heterocycles. The van der Waals surface area contributed by atoms with Crippen LogP contribution in [0.25, 0.3) is 0 Å². The molecule has 0 bridgehead atoms. The summed E-state index contributed by atoms with van der Waals surface area (Å²) in [5, 5.41) is 0.405. The second-order valence-corrected chi connectivity index (χ2v) is 8.26. The van der Waals surface area contributed by atoms with Gasteiger partial charge in [0, 0.05) is 29.4 Å². The predicted molar refractivity (Wildman–Crippen MR) is 99.8 cm³/mol.